The van der Waals surface area contributed by atoms with Gasteiger partial charge in [-0.05, 0) is 17.5 Å². The number of anilines is 1. The Morgan fingerprint density at radius 2 is 1.62 bits per heavy atom. The van der Waals surface area contributed by atoms with Crippen molar-refractivity contribution in [1.82, 2.24) is 15.0 Å². The van der Waals surface area contributed by atoms with E-state index in [4.69, 9.17) is 5.73 Å². The van der Waals surface area contributed by atoms with Crippen LogP contribution in [0.25, 0.3) is 11.4 Å². The molecule has 0 radical (unpaired) electrons. The highest BCUT2D eigenvalue weighted by Crippen LogP contribution is 2.38. The first-order chi connectivity index (χ1) is 10.3. The molecule has 4 rings (SSSR count). The van der Waals surface area contributed by atoms with Gasteiger partial charge in [-0.1, -0.05) is 54.6 Å². The standard InChI is InChI=1S/C17H14N4/c18-17-20-15(11-6-2-1-3-7-11)19-16(21-17)14-10-12-8-4-5-9-13(12)14/h1-9,14H,10H2,(H2,18,19,20,21). The van der Waals surface area contributed by atoms with E-state index in [9.17, 15) is 0 Å². The van der Waals surface area contributed by atoms with E-state index < -0.39 is 0 Å². The summed E-state index contributed by atoms with van der Waals surface area (Å²) in [6.07, 6.45) is 0.966. The smallest absolute Gasteiger partial charge is 0.223 e. The van der Waals surface area contributed by atoms with Crippen LogP contribution in [0.4, 0.5) is 5.95 Å². The summed E-state index contributed by atoms with van der Waals surface area (Å²) in [6.45, 7) is 0. The van der Waals surface area contributed by atoms with Gasteiger partial charge in [0.25, 0.3) is 0 Å². The van der Waals surface area contributed by atoms with Crippen molar-refractivity contribution in [1.29, 1.82) is 0 Å². The molecule has 0 spiro atoms. The maximum Gasteiger partial charge on any atom is 0.223 e. The van der Waals surface area contributed by atoms with Crippen molar-refractivity contribution in [2.75, 3.05) is 5.73 Å². The quantitative estimate of drug-likeness (QED) is 0.780. The molecule has 4 nitrogen and oxygen atoms in total. The zero-order chi connectivity index (χ0) is 14.2. The Morgan fingerprint density at radius 1 is 0.857 bits per heavy atom. The van der Waals surface area contributed by atoms with Crippen LogP contribution in [0.3, 0.4) is 0 Å². The molecule has 3 aromatic rings. The number of aromatic nitrogens is 3. The van der Waals surface area contributed by atoms with E-state index in [0.717, 1.165) is 17.8 Å². The number of hydrogen-bond acceptors (Lipinski definition) is 4. The Bertz CT molecular complexity index is 799. The van der Waals surface area contributed by atoms with Gasteiger partial charge in [0.15, 0.2) is 5.82 Å². The molecule has 1 aromatic heterocycles. The van der Waals surface area contributed by atoms with E-state index >= 15 is 0 Å². The number of fused-ring (bicyclic) bond motifs is 1. The van der Waals surface area contributed by atoms with Gasteiger partial charge in [-0.3, -0.25) is 0 Å². The van der Waals surface area contributed by atoms with Crippen LogP contribution >= 0.6 is 0 Å². The van der Waals surface area contributed by atoms with Crippen LogP contribution in [-0.4, -0.2) is 15.0 Å². The molecule has 0 bridgehead atoms. The van der Waals surface area contributed by atoms with E-state index in [-0.39, 0.29) is 11.9 Å². The monoisotopic (exact) mass is 274 g/mol. The van der Waals surface area contributed by atoms with Crippen LogP contribution in [-0.2, 0) is 6.42 Å². The first-order valence-electron chi connectivity index (χ1n) is 6.96. The average molecular weight is 274 g/mol. The van der Waals surface area contributed by atoms with E-state index in [0.29, 0.717) is 5.82 Å². The van der Waals surface area contributed by atoms with Crippen molar-refractivity contribution < 1.29 is 0 Å². The van der Waals surface area contributed by atoms with Crippen LogP contribution in [0.2, 0.25) is 0 Å². The Kier molecular flexibility index (Phi) is 2.67. The van der Waals surface area contributed by atoms with Gasteiger partial charge < -0.3 is 5.73 Å². The van der Waals surface area contributed by atoms with Crippen molar-refractivity contribution in [2.45, 2.75) is 12.3 Å². The van der Waals surface area contributed by atoms with Gasteiger partial charge in [-0.2, -0.15) is 9.97 Å². The van der Waals surface area contributed by atoms with E-state index in [1.54, 1.807) is 0 Å². The Balaban J connectivity index is 1.77. The molecule has 0 saturated carbocycles. The molecule has 1 heterocycles. The number of benzene rings is 2. The van der Waals surface area contributed by atoms with E-state index in [1.165, 1.54) is 11.1 Å². The lowest BCUT2D eigenvalue weighted by atomic mass is 9.77. The minimum absolute atomic E-state index is 0.231. The minimum atomic E-state index is 0.231. The maximum absolute atomic E-state index is 5.87. The molecule has 1 aliphatic rings. The second-order valence-electron chi connectivity index (χ2n) is 5.20. The second kappa shape index (κ2) is 4.66. The highest BCUT2D eigenvalue weighted by atomic mass is 15.1. The molecule has 2 N–H and O–H groups in total. The molecule has 0 aliphatic heterocycles. The van der Waals surface area contributed by atoms with Gasteiger partial charge in [-0.25, -0.2) is 4.98 Å². The SMILES string of the molecule is Nc1nc(-c2ccccc2)nc(C2Cc3ccccc32)n1. The summed E-state index contributed by atoms with van der Waals surface area (Å²) in [4.78, 5) is 13.2. The number of nitrogen functional groups attached to an aromatic ring is 1. The molecule has 1 atom stereocenters. The number of nitrogens with two attached hydrogens (primary N) is 1. The van der Waals surface area contributed by atoms with Crippen LogP contribution in [0, 0.1) is 0 Å². The molecule has 21 heavy (non-hydrogen) atoms. The first-order valence-corrected chi connectivity index (χ1v) is 6.96. The molecular weight excluding hydrogens is 260 g/mol. The summed E-state index contributed by atoms with van der Waals surface area (Å²) in [6, 6.07) is 18.2. The van der Waals surface area contributed by atoms with Crippen LogP contribution < -0.4 is 5.73 Å². The predicted molar refractivity (Wildman–Crippen MR) is 81.7 cm³/mol. The highest BCUT2D eigenvalue weighted by Gasteiger charge is 2.30. The summed E-state index contributed by atoms with van der Waals surface area (Å²) >= 11 is 0. The van der Waals surface area contributed by atoms with Crippen molar-refractivity contribution >= 4 is 5.95 Å². The number of hydrogen-bond donors (Lipinski definition) is 1. The van der Waals surface area contributed by atoms with Crippen molar-refractivity contribution in [3.05, 3.63) is 71.5 Å². The molecule has 0 fully saturated rings. The third kappa shape index (κ3) is 2.05. The summed E-state index contributed by atoms with van der Waals surface area (Å²) in [5.41, 5.74) is 9.49. The van der Waals surface area contributed by atoms with Gasteiger partial charge in [0.1, 0.15) is 5.82 Å². The van der Waals surface area contributed by atoms with Crippen LogP contribution in [0.5, 0.6) is 0 Å². The van der Waals surface area contributed by atoms with Gasteiger partial charge in [0.05, 0.1) is 0 Å². The molecular formula is C17H14N4. The highest BCUT2D eigenvalue weighted by molar-refractivity contribution is 5.56. The lowest BCUT2D eigenvalue weighted by molar-refractivity contribution is 0.657. The third-order valence-corrected chi connectivity index (χ3v) is 3.87. The normalized spacial score (nSPS) is 16.1. The number of rotatable bonds is 2. The summed E-state index contributed by atoms with van der Waals surface area (Å²) < 4.78 is 0. The topological polar surface area (TPSA) is 64.7 Å². The Morgan fingerprint density at radius 3 is 2.43 bits per heavy atom. The zero-order valence-corrected chi connectivity index (χ0v) is 11.4. The molecule has 0 amide bonds. The molecule has 0 saturated heterocycles. The molecule has 102 valence electrons. The molecule has 4 heteroatoms. The van der Waals surface area contributed by atoms with Gasteiger partial charge in [0, 0.05) is 11.5 Å². The van der Waals surface area contributed by atoms with Gasteiger partial charge in [0.2, 0.25) is 5.95 Å². The fraction of sp³-hybridized carbons (Fsp3) is 0.118. The van der Waals surface area contributed by atoms with Crippen molar-refractivity contribution in [3.8, 4) is 11.4 Å². The Labute approximate surface area is 122 Å². The molecule has 1 unspecified atom stereocenters. The Hall–Kier alpha value is -2.75. The summed E-state index contributed by atoms with van der Waals surface area (Å²) in [5, 5.41) is 0. The van der Waals surface area contributed by atoms with Crippen LogP contribution in [0.15, 0.2) is 54.6 Å². The van der Waals surface area contributed by atoms with Crippen molar-refractivity contribution in [3.63, 3.8) is 0 Å². The predicted octanol–water partition coefficient (Wildman–Crippen LogP) is 2.81. The lowest BCUT2D eigenvalue weighted by Gasteiger charge is -2.28. The third-order valence-electron chi connectivity index (χ3n) is 3.87. The van der Waals surface area contributed by atoms with Gasteiger partial charge in [-0.15, -0.1) is 0 Å². The maximum atomic E-state index is 5.87. The first kappa shape index (κ1) is 12.0. The average Bonchev–Trinajstić information content (AvgIpc) is 2.49. The van der Waals surface area contributed by atoms with Crippen LogP contribution in [0.1, 0.15) is 22.9 Å². The summed E-state index contributed by atoms with van der Waals surface area (Å²) in [5.74, 6) is 1.92. The van der Waals surface area contributed by atoms with E-state index in [1.807, 2.05) is 36.4 Å². The molecule has 1 aliphatic carbocycles. The van der Waals surface area contributed by atoms with Gasteiger partial charge >= 0.3 is 0 Å². The largest absolute Gasteiger partial charge is 0.368 e. The number of nitrogens with zero attached hydrogens (tertiary/aromatic N) is 3. The second-order valence-corrected chi connectivity index (χ2v) is 5.20. The minimum Gasteiger partial charge on any atom is -0.368 e. The fourth-order valence-corrected chi connectivity index (χ4v) is 2.77. The van der Waals surface area contributed by atoms with Crippen molar-refractivity contribution in [2.24, 2.45) is 0 Å². The fourth-order valence-electron chi connectivity index (χ4n) is 2.77. The zero-order valence-electron chi connectivity index (χ0n) is 11.4. The lowest BCUT2D eigenvalue weighted by Crippen LogP contribution is -2.21. The van der Waals surface area contributed by atoms with E-state index in [2.05, 4.69) is 33.2 Å². The molecule has 2 aromatic carbocycles. The summed E-state index contributed by atoms with van der Waals surface area (Å²) in [7, 11) is 0.